The van der Waals surface area contributed by atoms with Gasteiger partial charge in [0.15, 0.2) is 5.43 Å². The third-order valence-electron chi connectivity index (χ3n) is 6.32. The van der Waals surface area contributed by atoms with Gasteiger partial charge in [-0.2, -0.15) is 0 Å². The Morgan fingerprint density at radius 1 is 1.11 bits per heavy atom. The zero-order chi connectivity index (χ0) is 24.5. The summed E-state index contributed by atoms with van der Waals surface area (Å²) >= 11 is 2.74. The number of benzene rings is 2. The summed E-state index contributed by atoms with van der Waals surface area (Å²) in [7, 11) is 0. The number of rotatable bonds is 6. The van der Waals surface area contributed by atoms with E-state index in [-0.39, 0.29) is 10.5 Å². The maximum atomic E-state index is 13.3. The summed E-state index contributed by atoms with van der Waals surface area (Å²) < 4.78 is 6.41. The van der Waals surface area contributed by atoms with Crippen LogP contribution < -0.4 is 10.7 Å². The largest absolute Gasteiger partial charge is 0.462 e. The maximum Gasteiger partial charge on any atom is 0.336 e. The zero-order valence-corrected chi connectivity index (χ0v) is 21.2. The molecule has 35 heavy (non-hydrogen) atoms. The molecule has 0 saturated heterocycles. The van der Waals surface area contributed by atoms with Crippen molar-refractivity contribution in [3.05, 3.63) is 92.9 Å². The molecule has 1 atom stereocenters. The molecule has 0 radical (unpaired) electrons. The first kappa shape index (κ1) is 23.6. The van der Waals surface area contributed by atoms with Crippen molar-refractivity contribution in [1.29, 1.82) is 0 Å². The summed E-state index contributed by atoms with van der Waals surface area (Å²) in [5.74, 6) is -0.474. The van der Waals surface area contributed by atoms with Crippen LogP contribution in [0.3, 0.4) is 0 Å². The van der Waals surface area contributed by atoms with Crippen LogP contribution in [0.2, 0.25) is 0 Å². The van der Waals surface area contributed by atoms with Crippen LogP contribution in [0.25, 0.3) is 20.5 Å². The zero-order valence-electron chi connectivity index (χ0n) is 19.6. The molecule has 0 spiro atoms. The first-order valence-electron chi connectivity index (χ1n) is 11.7. The molecule has 2 aromatic carbocycles. The molecule has 0 saturated carbocycles. The highest BCUT2D eigenvalue weighted by Gasteiger charge is 2.41. The Morgan fingerprint density at radius 3 is 2.69 bits per heavy atom. The molecule has 7 heteroatoms. The van der Waals surface area contributed by atoms with Gasteiger partial charge >= 0.3 is 5.97 Å². The Balaban J connectivity index is 1.72. The normalized spacial score (nSPS) is 17.5. The van der Waals surface area contributed by atoms with E-state index in [1.54, 1.807) is 6.07 Å². The van der Waals surface area contributed by atoms with E-state index in [4.69, 9.17) is 4.74 Å². The number of thioether (sulfide) groups is 1. The third-order valence-corrected chi connectivity index (χ3v) is 8.47. The van der Waals surface area contributed by atoms with Crippen LogP contribution in [0.15, 0.2) is 81.9 Å². The number of ether oxygens (including phenoxy) is 1. The lowest BCUT2D eigenvalue weighted by Crippen LogP contribution is -2.30. The molecule has 0 aliphatic carbocycles. The second-order valence-corrected chi connectivity index (χ2v) is 10.6. The number of carbonyl (C=O) groups excluding carboxylic acids is 2. The Bertz CT molecular complexity index is 1450. The minimum absolute atomic E-state index is 0.0487. The quantitative estimate of drug-likeness (QED) is 0.341. The third kappa shape index (κ3) is 4.34. The monoisotopic (exact) mass is 503 g/mol. The maximum absolute atomic E-state index is 13.3. The first-order valence-corrected chi connectivity index (χ1v) is 13.5. The van der Waals surface area contributed by atoms with Gasteiger partial charge < -0.3 is 10.1 Å². The molecule has 3 aromatic rings. The van der Waals surface area contributed by atoms with Gasteiger partial charge in [-0.25, -0.2) is 4.79 Å². The van der Waals surface area contributed by atoms with E-state index in [0.717, 1.165) is 39.2 Å². The summed E-state index contributed by atoms with van der Waals surface area (Å²) in [5.41, 5.74) is 4.20. The van der Waals surface area contributed by atoms with Crippen LogP contribution in [0.5, 0.6) is 0 Å². The summed E-state index contributed by atoms with van der Waals surface area (Å²) in [6, 6.07) is 17.0. The van der Waals surface area contributed by atoms with E-state index in [0.29, 0.717) is 34.6 Å². The molecular formula is C28H25NO4S2. The van der Waals surface area contributed by atoms with Crippen molar-refractivity contribution in [3.8, 4) is 10.4 Å². The predicted molar refractivity (Wildman–Crippen MR) is 142 cm³/mol. The van der Waals surface area contributed by atoms with Crippen LogP contribution in [0, 0.1) is 0 Å². The molecule has 3 heterocycles. The number of allylic oxidation sites excluding steroid dienone is 1. The lowest BCUT2D eigenvalue weighted by molar-refractivity contribution is -0.139. The van der Waals surface area contributed by atoms with Crippen molar-refractivity contribution >= 4 is 44.3 Å². The minimum Gasteiger partial charge on any atom is -0.462 e. The molecule has 178 valence electrons. The van der Waals surface area contributed by atoms with Crippen molar-refractivity contribution in [2.75, 3.05) is 12.4 Å². The molecule has 1 aromatic heterocycles. The second kappa shape index (κ2) is 9.84. The van der Waals surface area contributed by atoms with Crippen molar-refractivity contribution in [3.63, 3.8) is 0 Å². The standard InChI is InChI=1S/C28H25NO4S2/c1-3-4-13-33-27(31)23-16(2)29-20-15-34-28(32)25(20)24(23)19-12-8-11-18-21(30)14-22(35-26(18)19)17-9-6-5-7-10-17/h5-12,14,24,29H,3-4,13,15H2,1-2H3. The van der Waals surface area contributed by atoms with E-state index in [1.807, 2.05) is 62.4 Å². The highest BCUT2D eigenvalue weighted by molar-refractivity contribution is 8.14. The van der Waals surface area contributed by atoms with Crippen LogP contribution in [0.4, 0.5) is 0 Å². The van der Waals surface area contributed by atoms with Gasteiger partial charge in [-0.1, -0.05) is 67.6 Å². The fourth-order valence-corrected chi connectivity index (χ4v) is 6.73. The van der Waals surface area contributed by atoms with Gasteiger partial charge in [-0.3, -0.25) is 9.59 Å². The molecule has 2 aliphatic rings. The van der Waals surface area contributed by atoms with Crippen molar-refractivity contribution in [2.24, 2.45) is 0 Å². The molecular weight excluding hydrogens is 478 g/mol. The SMILES string of the molecule is CCCCOC(=O)C1=C(C)NC2=C(C(=O)SC2)C1c1cccc2c(=O)cc(-c3ccccc3)sc12. The van der Waals surface area contributed by atoms with Crippen LogP contribution >= 0.6 is 23.1 Å². The molecule has 1 N–H and O–H groups in total. The fourth-order valence-electron chi connectivity index (χ4n) is 4.61. The number of dihydropyridines is 1. The molecule has 2 aliphatic heterocycles. The van der Waals surface area contributed by atoms with E-state index in [2.05, 4.69) is 5.32 Å². The lowest BCUT2D eigenvalue weighted by atomic mass is 9.80. The first-order chi connectivity index (χ1) is 17.0. The number of hydrogen-bond donors (Lipinski definition) is 1. The van der Waals surface area contributed by atoms with E-state index >= 15 is 0 Å². The van der Waals surface area contributed by atoms with Gasteiger partial charge in [0.25, 0.3) is 0 Å². The van der Waals surface area contributed by atoms with Crippen LogP contribution in [-0.4, -0.2) is 23.4 Å². The minimum atomic E-state index is -0.590. The summed E-state index contributed by atoms with van der Waals surface area (Å²) in [6.07, 6.45) is 1.69. The smallest absolute Gasteiger partial charge is 0.336 e. The number of esters is 1. The molecule has 1 unspecified atom stereocenters. The Kier molecular flexibility index (Phi) is 6.62. The number of hydrogen-bond acceptors (Lipinski definition) is 7. The van der Waals surface area contributed by atoms with Gasteiger partial charge in [-0.15, -0.1) is 11.3 Å². The number of unbranched alkanes of at least 4 members (excludes halogenated alkanes) is 1. The average molecular weight is 504 g/mol. The topological polar surface area (TPSA) is 72.5 Å². The van der Waals surface area contributed by atoms with E-state index in [1.165, 1.54) is 23.1 Å². The summed E-state index contributed by atoms with van der Waals surface area (Å²) in [4.78, 5) is 40.4. The van der Waals surface area contributed by atoms with Crippen molar-refractivity contribution < 1.29 is 14.3 Å². The van der Waals surface area contributed by atoms with Crippen LogP contribution in [-0.2, 0) is 14.3 Å². The molecule has 5 rings (SSSR count). The highest BCUT2D eigenvalue weighted by atomic mass is 32.2. The van der Waals surface area contributed by atoms with Crippen molar-refractivity contribution in [1.82, 2.24) is 5.32 Å². The second-order valence-electron chi connectivity index (χ2n) is 8.62. The summed E-state index contributed by atoms with van der Waals surface area (Å²) in [5, 5.41) is 3.82. The Morgan fingerprint density at radius 2 is 1.91 bits per heavy atom. The summed E-state index contributed by atoms with van der Waals surface area (Å²) in [6.45, 7) is 4.22. The molecule has 0 bridgehead atoms. The Labute approximate surface area is 211 Å². The highest BCUT2D eigenvalue weighted by Crippen LogP contribution is 2.47. The lowest BCUT2D eigenvalue weighted by Gasteiger charge is -2.29. The molecule has 0 fully saturated rings. The van der Waals surface area contributed by atoms with Crippen LogP contribution in [0.1, 0.15) is 38.2 Å². The number of nitrogens with one attached hydrogen (secondary N) is 1. The van der Waals surface area contributed by atoms with Crippen molar-refractivity contribution in [2.45, 2.75) is 32.6 Å². The Hall–Kier alpha value is -3.16. The number of fused-ring (bicyclic) bond motifs is 1. The predicted octanol–water partition coefficient (Wildman–Crippen LogP) is 5.76. The van der Waals surface area contributed by atoms with Gasteiger partial charge in [0.1, 0.15) is 0 Å². The molecule has 5 nitrogen and oxygen atoms in total. The van der Waals surface area contributed by atoms with Gasteiger partial charge in [-0.05, 0) is 30.5 Å². The van der Waals surface area contributed by atoms with Gasteiger partial charge in [0.2, 0.25) is 5.12 Å². The van der Waals surface area contributed by atoms with E-state index in [9.17, 15) is 14.4 Å². The molecule has 0 amide bonds. The number of carbonyl (C=O) groups is 2. The fraction of sp³-hybridized carbons (Fsp3) is 0.250. The van der Waals surface area contributed by atoms with E-state index < -0.39 is 11.9 Å². The average Bonchev–Trinajstić information content (AvgIpc) is 3.23. The van der Waals surface area contributed by atoms with Gasteiger partial charge in [0, 0.05) is 43.7 Å². The van der Waals surface area contributed by atoms with Gasteiger partial charge in [0.05, 0.1) is 18.1 Å².